The largest absolute Gasteiger partial charge is 0.387 e. The zero-order chi connectivity index (χ0) is 16.4. The molecule has 0 aromatic heterocycles. The number of halogens is 2. The number of carbonyl (C=O) groups excluding carboxylic acids is 1. The maximum Gasteiger partial charge on any atom is 0.258 e. The summed E-state index contributed by atoms with van der Waals surface area (Å²) in [6, 6.07) is 9.69. The average molecular weight is 352 g/mol. The minimum atomic E-state index is -0.532. The van der Waals surface area contributed by atoms with Crippen LogP contribution in [0.15, 0.2) is 36.4 Å². The summed E-state index contributed by atoms with van der Waals surface area (Å²) in [6.45, 7) is 0.896. The number of hydrogen-bond acceptors (Lipinski definition) is 4. The zero-order valence-corrected chi connectivity index (χ0v) is 14.0. The van der Waals surface area contributed by atoms with Crippen LogP contribution < -0.4 is 14.9 Å². The van der Waals surface area contributed by atoms with Gasteiger partial charge in [-0.2, -0.15) is 0 Å². The van der Waals surface area contributed by atoms with Crippen LogP contribution in [-0.2, 0) is 0 Å². The lowest BCUT2D eigenvalue weighted by molar-refractivity contribution is 0.102. The van der Waals surface area contributed by atoms with Gasteiger partial charge in [0.05, 0.1) is 16.3 Å². The lowest BCUT2D eigenvalue weighted by atomic mass is 10.1. The molecule has 0 radical (unpaired) electrons. The second kappa shape index (κ2) is 6.68. The molecule has 1 aliphatic heterocycles. The highest BCUT2D eigenvalue weighted by atomic mass is 35.5. The SMILES string of the molecule is CNc1cc(NC(=O)c2ccc(N3CCS3)cc2F)ccc1Cl. The van der Waals surface area contributed by atoms with E-state index >= 15 is 0 Å². The Kier molecular flexibility index (Phi) is 4.63. The van der Waals surface area contributed by atoms with Crippen LogP contribution in [-0.4, -0.2) is 25.3 Å². The predicted octanol–water partition coefficient (Wildman–Crippen LogP) is 4.24. The molecule has 0 aliphatic carbocycles. The van der Waals surface area contributed by atoms with E-state index in [4.69, 9.17) is 11.6 Å². The molecule has 1 fully saturated rings. The zero-order valence-electron chi connectivity index (χ0n) is 12.4. The fraction of sp³-hybridized carbons (Fsp3) is 0.188. The third kappa shape index (κ3) is 3.38. The van der Waals surface area contributed by atoms with E-state index in [1.807, 2.05) is 4.31 Å². The average Bonchev–Trinajstić information content (AvgIpc) is 2.47. The summed E-state index contributed by atoms with van der Waals surface area (Å²) in [5, 5.41) is 6.16. The van der Waals surface area contributed by atoms with Crippen molar-refractivity contribution in [1.82, 2.24) is 0 Å². The Morgan fingerprint density at radius 2 is 2.09 bits per heavy atom. The summed E-state index contributed by atoms with van der Waals surface area (Å²) in [6.07, 6.45) is 0. The third-order valence-corrected chi connectivity index (χ3v) is 4.92. The number of nitrogens with zero attached hydrogens (tertiary/aromatic N) is 1. The lowest BCUT2D eigenvalue weighted by Gasteiger charge is -2.31. The summed E-state index contributed by atoms with van der Waals surface area (Å²) in [4.78, 5) is 12.3. The van der Waals surface area contributed by atoms with Crippen LogP contribution in [0, 0.1) is 5.82 Å². The van der Waals surface area contributed by atoms with E-state index in [0.29, 0.717) is 16.4 Å². The van der Waals surface area contributed by atoms with Crippen LogP contribution in [0.2, 0.25) is 5.02 Å². The fourth-order valence-corrected chi connectivity index (χ4v) is 3.06. The standard InChI is InChI=1S/C16H15ClFN3OS/c1-19-15-8-10(2-5-13(15)17)20-16(22)12-4-3-11(9-14(12)18)21-6-7-23-21/h2-5,8-9,19H,6-7H2,1H3,(H,20,22). The van der Waals surface area contributed by atoms with Gasteiger partial charge < -0.3 is 14.9 Å². The van der Waals surface area contributed by atoms with Crippen molar-refractivity contribution in [3.63, 3.8) is 0 Å². The fourth-order valence-electron chi connectivity index (χ4n) is 2.22. The van der Waals surface area contributed by atoms with Crippen molar-refractivity contribution in [2.24, 2.45) is 0 Å². The van der Waals surface area contributed by atoms with Crippen LogP contribution in [0.4, 0.5) is 21.5 Å². The molecule has 1 amide bonds. The maximum atomic E-state index is 14.2. The molecule has 0 bridgehead atoms. The molecule has 7 heteroatoms. The van der Waals surface area contributed by atoms with E-state index in [9.17, 15) is 9.18 Å². The Morgan fingerprint density at radius 1 is 1.30 bits per heavy atom. The van der Waals surface area contributed by atoms with E-state index in [-0.39, 0.29) is 5.56 Å². The van der Waals surface area contributed by atoms with Crippen LogP contribution in [0.25, 0.3) is 0 Å². The molecule has 1 heterocycles. The van der Waals surface area contributed by atoms with Crippen molar-refractivity contribution in [1.29, 1.82) is 0 Å². The van der Waals surface area contributed by atoms with Crippen molar-refractivity contribution in [2.45, 2.75) is 0 Å². The van der Waals surface area contributed by atoms with Crippen LogP contribution in [0.1, 0.15) is 10.4 Å². The van der Waals surface area contributed by atoms with Gasteiger partial charge in [0.2, 0.25) is 0 Å². The number of amides is 1. The molecule has 0 atom stereocenters. The van der Waals surface area contributed by atoms with Crippen LogP contribution in [0.3, 0.4) is 0 Å². The molecule has 4 nitrogen and oxygen atoms in total. The van der Waals surface area contributed by atoms with Gasteiger partial charge in [-0.3, -0.25) is 4.79 Å². The van der Waals surface area contributed by atoms with Gasteiger partial charge in [-0.1, -0.05) is 11.6 Å². The normalized spacial score (nSPS) is 13.4. The van der Waals surface area contributed by atoms with Crippen LogP contribution >= 0.6 is 23.5 Å². The number of carbonyl (C=O) groups is 1. The molecule has 2 aromatic carbocycles. The second-order valence-electron chi connectivity index (χ2n) is 5.00. The first-order valence-electron chi connectivity index (χ1n) is 7.07. The Balaban J connectivity index is 1.77. The quantitative estimate of drug-likeness (QED) is 0.809. The molecule has 3 rings (SSSR count). The molecule has 2 aromatic rings. The first-order valence-corrected chi connectivity index (χ1v) is 8.39. The van der Waals surface area contributed by atoms with Gasteiger partial charge in [0.1, 0.15) is 5.82 Å². The summed E-state index contributed by atoms with van der Waals surface area (Å²) in [5.41, 5.74) is 2.03. The van der Waals surface area contributed by atoms with E-state index in [1.165, 1.54) is 12.1 Å². The first kappa shape index (κ1) is 16.0. The van der Waals surface area contributed by atoms with Crippen molar-refractivity contribution >= 4 is 46.5 Å². The smallest absolute Gasteiger partial charge is 0.258 e. The molecular weight excluding hydrogens is 337 g/mol. The Bertz CT molecular complexity index is 752. The summed E-state index contributed by atoms with van der Waals surface area (Å²) in [7, 11) is 1.74. The molecule has 23 heavy (non-hydrogen) atoms. The number of rotatable bonds is 4. The molecule has 1 aliphatic rings. The van der Waals surface area contributed by atoms with Gasteiger partial charge >= 0.3 is 0 Å². The minimum absolute atomic E-state index is 0.0141. The molecule has 120 valence electrons. The van der Waals surface area contributed by atoms with E-state index in [0.717, 1.165) is 18.0 Å². The molecule has 0 unspecified atom stereocenters. The summed E-state index contributed by atoms with van der Waals surface area (Å²) >= 11 is 7.64. The number of anilines is 3. The lowest BCUT2D eigenvalue weighted by Crippen LogP contribution is -2.29. The van der Waals surface area contributed by atoms with Crippen molar-refractivity contribution < 1.29 is 9.18 Å². The van der Waals surface area contributed by atoms with Crippen molar-refractivity contribution in [3.8, 4) is 0 Å². The van der Waals surface area contributed by atoms with Gasteiger partial charge in [0.25, 0.3) is 5.91 Å². The van der Waals surface area contributed by atoms with Gasteiger partial charge in [0, 0.05) is 30.7 Å². The van der Waals surface area contributed by atoms with E-state index < -0.39 is 11.7 Å². The van der Waals surface area contributed by atoms with E-state index in [2.05, 4.69) is 10.6 Å². The monoisotopic (exact) mass is 351 g/mol. The molecular formula is C16H15ClFN3OS. The second-order valence-corrected chi connectivity index (χ2v) is 6.51. The Labute approximate surface area is 143 Å². The molecule has 0 spiro atoms. The van der Waals surface area contributed by atoms with Gasteiger partial charge in [-0.25, -0.2) is 4.39 Å². The highest BCUT2D eigenvalue weighted by Crippen LogP contribution is 2.31. The van der Waals surface area contributed by atoms with Gasteiger partial charge in [-0.15, -0.1) is 0 Å². The van der Waals surface area contributed by atoms with Crippen LogP contribution in [0.5, 0.6) is 0 Å². The van der Waals surface area contributed by atoms with Gasteiger partial charge in [-0.05, 0) is 48.3 Å². The number of hydrogen-bond donors (Lipinski definition) is 2. The summed E-state index contributed by atoms with van der Waals surface area (Å²) < 4.78 is 16.2. The minimum Gasteiger partial charge on any atom is -0.387 e. The first-order chi connectivity index (χ1) is 11.1. The topological polar surface area (TPSA) is 44.4 Å². The van der Waals surface area contributed by atoms with Crippen molar-refractivity contribution in [2.75, 3.05) is 34.3 Å². The van der Waals surface area contributed by atoms with Crippen molar-refractivity contribution in [3.05, 3.63) is 52.8 Å². The third-order valence-electron chi connectivity index (χ3n) is 3.52. The molecule has 0 saturated carbocycles. The van der Waals surface area contributed by atoms with E-state index in [1.54, 1.807) is 43.3 Å². The number of nitrogens with one attached hydrogen (secondary N) is 2. The highest BCUT2D eigenvalue weighted by molar-refractivity contribution is 8.02. The molecule has 2 N–H and O–H groups in total. The van der Waals surface area contributed by atoms with Gasteiger partial charge in [0.15, 0.2) is 0 Å². The number of benzene rings is 2. The molecule has 1 saturated heterocycles. The Hall–Kier alpha value is -1.92. The predicted molar refractivity (Wildman–Crippen MR) is 95.2 cm³/mol. The summed E-state index contributed by atoms with van der Waals surface area (Å²) in [5.74, 6) is 0.0128. The highest BCUT2D eigenvalue weighted by Gasteiger charge is 2.19. The Morgan fingerprint density at radius 3 is 2.70 bits per heavy atom. The maximum absolute atomic E-state index is 14.2.